The van der Waals surface area contributed by atoms with Crippen molar-refractivity contribution < 1.29 is 24.4 Å². The highest BCUT2D eigenvalue weighted by Gasteiger charge is 2.16. The Morgan fingerprint density at radius 1 is 1.17 bits per heavy atom. The molecule has 0 aromatic heterocycles. The number of nitro groups is 1. The number of nitro benzene ring substituents is 1. The Morgan fingerprint density at radius 3 is 2.48 bits per heavy atom. The van der Waals surface area contributed by atoms with Crippen molar-refractivity contribution in [3.05, 3.63) is 69.3 Å². The van der Waals surface area contributed by atoms with Gasteiger partial charge < -0.3 is 9.84 Å². The fraction of sp³-hybridized carbons (Fsp3) is 0.125. The molecule has 2 aromatic carbocycles. The molecule has 23 heavy (non-hydrogen) atoms. The third-order valence-electron chi connectivity index (χ3n) is 3.18. The highest BCUT2D eigenvalue weighted by Crippen LogP contribution is 2.23. The average Bonchev–Trinajstić information content (AvgIpc) is 2.52. The standard InChI is InChI=1S/C16H13NO6/c1-10(18)13-7-6-12(8-14(13)16(19)20)23-9-11-4-2-3-5-15(11)17(21)22/h2-8H,9H2,1H3,(H,19,20). The van der Waals surface area contributed by atoms with Gasteiger partial charge in [0.25, 0.3) is 5.69 Å². The number of Topliss-reactive ketones (excluding diaryl/α,β-unsaturated/α-hetero) is 1. The molecule has 0 aliphatic carbocycles. The van der Waals surface area contributed by atoms with E-state index in [0.29, 0.717) is 5.56 Å². The van der Waals surface area contributed by atoms with Crippen LogP contribution in [0.3, 0.4) is 0 Å². The Bertz CT molecular complexity index is 784. The van der Waals surface area contributed by atoms with Crippen molar-refractivity contribution in [1.82, 2.24) is 0 Å². The summed E-state index contributed by atoms with van der Waals surface area (Å²) < 4.78 is 5.43. The SMILES string of the molecule is CC(=O)c1ccc(OCc2ccccc2[N+](=O)[O-])cc1C(=O)O. The van der Waals surface area contributed by atoms with Crippen molar-refractivity contribution in [2.45, 2.75) is 13.5 Å². The van der Waals surface area contributed by atoms with Crippen LogP contribution in [0.1, 0.15) is 33.2 Å². The van der Waals surface area contributed by atoms with Crippen molar-refractivity contribution in [1.29, 1.82) is 0 Å². The van der Waals surface area contributed by atoms with Gasteiger partial charge in [0.05, 0.1) is 16.1 Å². The van der Waals surface area contributed by atoms with E-state index in [0.717, 1.165) is 0 Å². The lowest BCUT2D eigenvalue weighted by Gasteiger charge is -2.09. The van der Waals surface area contributed by atoms with E-state index < -0.39 is 10.9 Å². The van der Waals surface area contributed by atoms with E-state index in [-0.39, 0.29) is 35.0 Å². The van der Waals surface area contributed by atoms with Crippen LogP contribution in [0, 0.1) is 10.1 Å². The van der Waals surface area contributed by atoms with E-state index >= 15 is 0 Å². The number of benzene rings is 2. The number of hydrogen-bond donors (Lipinski definition) is 1. The Morgan fingerprint density at radius 2 is 1.87 bits per heavy atom. The van der Waals surface area contributed by atoms with Gasteiger partial charge in [0.2, 0.25) is 0 Å². The van der Waals surface area contributed by atoms with Crippen molar-refractivity contribution in [2.24, 2.45) is 0 Å². The summed E-state index contributed by atoms with van der Waals surface area (Å²) in [6, 6.07) is 10.2. The molecule has 2 rings (SSSR count). The molecule has 0 atom stereocenters. The molecular formula is C16H13NO6. The molecule has 0 saturated heterocycles. The minimum absolute atomic E-state index is 0.0775. The maximum Gasteiger partial charge on any atom is 0.336 e. The zero-order valence-electron chi connectivity index (χ0n) is 12.2. The Balaban J connectivity index is 2.25. The number of rotatable bonds is 6. The number of ketones is 1. The molecule has 7 nitrogen and oxygen atoms in total. The van der Waals surface area contributed by atoms with Gasteiger partial charge in [-0.25, -0.2) is 4.79 Å². The van der Waals surface area contributed by atoms with E-state index in [9.17, 15) is 19.7 Å². The first-order chi connectivity index (χ1) is 10.9. The quantitative estimate of drug-likeness (QED) is 0.498. The van der Waals surface area contributed by atoms with Crippen LogP contribution in [0.25, 0.3) is 0 Å². The Labute approximate surface area is 131 Å². The van der Waals surface area contributed by atoms with Crippen LogP contribution in [0.4, 0.5) is 5.69 Å². The number of carboxylic acid groups (broad SMARTS) is 1. The predicted octanol–water partition coefficient (Wildman–Crippen LogP) is 3.07. The number of carbonyl (C=O) groups excluding carboxylic acids is 1. The molecule has 0 aliphatic rings. The lowest BCUT2D eigenvalue weighted by molar-refractivity contribution is -0.385. The molecule has 118 valence electrons. The molecule has 0 heterocycles. The number of carboxylic acids is 1. The zero-order valence-corrected chi connectivity index (χ0v) is 12.2. The van der Waals surface area contributed by atoms with Gasteiger partial charge in [0.15, 0.2) is 5.78 Å². The maximum absolute atomic E-state index is 11.4. The molecule has 0 spiro atoms. The number of hydrogen-bond acceptors (Lipinski definition) is 5. The second-order valence-electron chi connectivity index (χ2n) is 4.74. The van der Waals surface area contributed by atoms with E-state index in [2.05, 4.69) is 0 Å². The molecule has 0 amide bonds. The summed E-state index contributed by atoms with van der Waals surface area (Å²) in [5.41, 5.74) is 0.199. The van der Waals surface area contributed by atoms with Crippen molar-refractivity contribution in [2.75, 3.05) is 0 Å². The highest BCUT2D eigenvalue weighted by molar-refractivity contribution is 6.05. The average molecular weight is 315 g/mol. The van der Waals surface area contributed by atoms with Gasteiger partial charge in [-0.05, 0) is 31.2 Å². The van der Waals surface area contributed by atoms with Crippen LogP contribution in [-0.4, -0.2) is 21.8 Å². The summed E-state index contributed by atoms with van der Waals surface area (Å²) in [5, 5.41) is 20.1. The summed E-state index contributed by atoms with van der Waals surface area (Å²) in [7, 11) is 0. The minimum Gasteiger partial charge on any atom is -0.489 e. The maximum atomic E-state index is 11.4. The third kappa shape index (κ3) is 3.70. The first-order valence-electron chi connectivity index (χ1n) is 6.63. The summed E-state index contributed by atoms with van der Waals surface area (Å²) in [5.74, 6) is -1.40. The molecule has 0 saturated carbocycles. The van der Waals surface area contributed by atoms with E-state index in [1.54, 1.807) is 18.2 Å². The smallest absolute Gasteiger partial charge is 0.336 e. The fourth-order valence-electron chi connectivity index (χ4n) is 2.07. The van der Waals surface area contributed by atoms with Crippen LogP contribution in [0.2, 0.25) is 0 Å². The first-order valence-corrected chi connectivity index (χ1v) is 6.63. The largest absolute Gasteiger partial charge is 0.489 e. The summed E-state index contributed by atoms with van der Waals surface area (Å²) in [6.45, 7) is 1.19. The van der Waals surface area contributed by atoms with E-state index in [1.165, 1.54) is 31.2 Å². The normalized spacial score (nSPS) is 10.1. The first kappa shape index (κ1) is 16.2. The monoisotopic (exact) mass is 315 g/mol. The molecule has 0 aliphatic heterocycles. The lowest BCUT2D eigenvalue weighted by Crippen LogP contribution is -2.07. The number of nitrogens with zero attached hydrogens (tertiary/aromatic N) is 1. The molecule has 0 radical (unpaired) electrons. The molecule has 7 heteroatoms. The van der Waals surface area contributed by atoms with Gasteiger partial charge in [0, 0.05) is 11.6 Å². The van der Waals surface area contributed by atoms with Gasteiger partial charge in [-0.15, -0.1) is 0 Å². The number of ether oxygens (including phenoxy) is 1. The summed E-state index contributed by atoms with van der Waals surface area (Å²) in [6.07, 6.45) is 0. The Hall–Kier alpha value is -3.22. The van der Waals surface area contributed by atoms with Gasteiger partial charge in [-0.2, -0.15) is 0 Å². The van der Waals surface area contributed by atoms with E-state index in [4.69, 9.17) is 9.84 Å². The van der Waals surface area contributed by atoms with Crippen LogP contribution >= 0.6 is 0 Å². The van der Waals surface area contributed by atoms with Gasteiger partial charge in [0.1, 0.15) is 12.4 Å². The summed E-state index contributed by atoms with van der Waals surface area (Å²) >= 11 is 0. The molecule has 1 N–H and O–H groups in total. The number of carbonyl (C=O) groups is 2. The van der Waals surface area contributed by atoms with Gasteiger partial charge in [-0.1, -0.05) is 12.1 Å². The van der Waals surface area contributed by atoms with Crippen LogP contribution in [0.5, 0.6) is 5.75 Å². The number of aromatic carboxylic acids is 1. The van der Waals surface area contributed by atoms with Crippen molar-refractivity contribution in [3.63, 3.8) is 0 Å². The molecule has 0 fully saturated rings. The predicted molar refractivity (Wildman–Crippen MR) is 80.8 cm³/mol. The second-order valence-corrected chi connectivity index (χ2v) is 4.74. The van der Waals surface area contributed by atoms with Crippen LogP contribution in [0.15, 0.2) is 42.5 Å². The minimum atomic E-state index is -1.24. The van der Waals surface area contributed by atoms with E-state index in [1.807, 2.05) is 0 Å². The van der Waals surface area contributed by atoms with Gasteiger partial charge in [-0.3, -0.25) is 14.9 Å². The van der Waals surface area contributed by atoms with Crippen LogP contribution < -0.4 is 4.74 Å². The van der Waals surface area contributed by atoms with Crippen molar-refractivity contribution in [3.8, 4) is 5.75 Å². The molecular weight excluding hydrogens is 302 g/mol. The second kappa shape index (κ2) is 6.69. The van der Waals surface area contributed by atoms with Gasteiger partial charge >= 0.3 is 5.97 Å². The lowest BCUT2D eigenvalue weighted by atomic mass is 10.0. The zero-order chi connectivity index (χ0) is 17.0. The van der Waals surface area contributed by atoms with Crippen LogP contribution in [-0.2, 0) is 6.61 Å². The Kier molecular flexibility index (Phi) is 4.70. The molecule has 0 bridgehead atoms. The molecule has 2 aromatic rings. The fourth-order valence-corrected chi connectivity index (χ4v) is 2.07. The number of para-hydroxylation sites is 1. The van der Waals surface area contributed by atoms with Crippen molar-refractivity contribution >= 4 is 17.4 Å². The topological polar surface area (TPSA) is 107 Å². The highest BCUT2D eigenvalue weighted by atomic mass is 16.6. The summed E-state index contributed by atoms with van der Waals surface area (Å²) in [4.78, 5) is 33.0. The molecule has 0 unspecified atom stereocenters. The third-order valence-corrected chi connectivity index (χ3v) is 3.18.